The van der Waals surface area contributed by atoms with E-state index in [0.717, 1.165) is 5.56 Å². The number of hydrogen-bond acceptors (Lipinski definition) is 3. The lowest BCUT2D eigenvalue weighted by Crippen LogP contribution is -2.42. The maximum absolute atomic E-state index is 12.9. The molecule has 0 radical (unpaired) electrons. The summed E-state index contributed by atoms with van der Waals surface area (Å²) in [6.45, 7) is 4.08. The second-order valence-corrected chi connectivity index (χ2v) is 5.63. The van der Waals surface area contributed by atoms with Crippen LogP contribution in [0.1, 0.15) is 32.3 Å². The van der Waals surface area contributed by atoms with Gasteiger partial charge < -0.3 is 4.90 Å². The van der Waals surface area contributed by atoms with Gasteiger partial charge in [0.05, 0.1) is 6.54 Å². The van der Waals surface area contributed by atoms with Crippen LogP contribution in [0.15, 0.2) is 29.4 Å². The molecular weight excluding hydrogens is 285 g/mol. The van der Waals surface area contributed by atoms with Crippen molar-refractivity contribution in [3.63, 3.8) is 0 Å². The Morgan fingerprint density at radius 2 is 1.95 bits per heavy atom. The maximum Gasteiger partial charge on any atom is 0.270 e. The van der Waals surface area contributed by atoms with Gasteiger partial charge >= 0.3 is 0 Å². The van der Waals surface area contributed by atoms with Gasteiger partial charge in [-0.15, -0.1) is 0 Å². The fraction of sp³-hybridized carbons (Fsp3) is 0.438. The van der Waals surface area contributed by atoms with Crippen molar-refractivity contribution in [2.45, 2.75) is 39.3 Å². The number of nitrogens with zero attached hydrogens (tertiary/aromatic N) is 3. The monoisotopic (exact) mass is 305 g/mol. The lowest BCUT2D eigenvalue weighted by atomic mass is 10.1. The van der Waals surface area contributed by atoms with E-state index in [1.54, 1.807) is 24.1 Å². The van der Waals surface area contributed by atoms with Gasteiger partial charge in [-0.05, 0) is 31.5 Å². The van der Waals surface area contributed by atoms with Crippen molar-refractivity contribution in [2.75, 3.05) is 7.05 Å². The van der Waals surface area contributed by atoms with Crippen molar-refractivity contribution in [3.8, 4) is 0 Å². The Labute approximate surface area is 129 Å². The first-order chi connectivity index (χ1) is 10.4. The van der Waals surface area contributed by atoms with E-state index in [1.807, 2.05) is 13.8 Å². The van der Waals surface area contributed by atoms with Crippen molar-refractivity contribution in [3.05, 3.63) is 35.6 Å². The molecule has 1 aliphatic heterocycles. The lowest BCUT2D eigenvalue weighted by Gasteiger charge is -2.27. The highest BCUT2D eigenvalue weighted by Crippen LogP contribution is 2.15. The highest BCUT2D eigenvalue weighted by Gasteiger charge is 2.27. The van der Waals surface area contributed by atoms with E-state index >= 15 is 0 Å². The van der Waals surface area contributed by atoms with Gasteiger partial charge in [0, 0.05) is 25.9 Å². The molecule has 0 atom stereocenters. The largest absolute Gasteiger partial charge is 0.338 e. The summed E-state index contributed by atoms with van der Waals surface area (Å²) in [7, 11) is 1.72. The minimum absolute atomic E-state index is 0.0679. The van der Waals surface area contributed by atoms with E-state index in [1.165, 1.54) is 17.1 Å². The Balaban J connectivity index is 2.15. The first kappa shape index (κ1) is 16.1. The Morgan fingerprint density at radius 3 is 2.55 bits per heavy atom. The quantitative estimate of drug-likeness (QED) is 0.856. The molecule has 0 aliphatic carbocycles. The predicted molar refractivity (Wildman–Crippen MR) is 81.5 cm³/mol. The minimum atomic E-state index is -0.327. The van der Waals surface area contributed by atoms with E-state index in [2.05, 4.69) is 5.10 Å². The van der Waals surface area contributed by atoms with Crippen LogP contribution in [0.3, 0.4) is 0 Å². The second-order valence-electron chi connectivity index (χ2n) is 5.63. The number of halogens is 1. The third-order valence-corrected chi connectivity index (χ3v) is 3.69. The minimum Gasteiger partial charge on any atom is -0.338 e. The molecule has 0 saturated heterocycles. The molecule has 0 unspecified atom stereocenters. The summed E-state index contributed by atoms with van der Waals surface area (Å²) in [4.78, 5) is 25.9. The van der Waals surface area contributed by atoms with Crippen LogP contribution in [-0.4, -0.2) is 40.5 Å². The highest BCUT2D eigenvalue weighted by atomic mass is 19.1. The number of benzene rings is 1. The van der Waals surface area contributed by atoms with Crippen LogP contribution in [0, 0.1) is 5.82 Å². The molecule has 118 valence electrons. The van der Waals surface area contributed by atoms with Gasteiger partial charge in [0.1, 0.15) is 11.5 Å². The molecule has 0 spiro atoms. The zero-order valence-corrected chi connectivity index (χ0v) is 13.0. The van der Waals surface area contributed by atoms with Crippen LogP contribution in [-0.2, 0) is 16.1 Å². The summed E-state index contributed by atoms with van der Waals surface area (Å²) < 4.78 is 12.9. The Morgan fingerprint density at radius 1 is 1.32 bits per heavy atom. The molecule has 5 nitrogen and oxygen atoms in total. The third-order valence-electron chi connectivity index (χ3n) is 3.69. The Hall–Kier alpha value is -2.24. The Kier molecular flexibility index (Phi) is 4.90. The molecule has 6 heteroatoms. The van der Waals surface area contributed by atoms with E-state index in [-0.39, 0.29) is 36.6 Å². The number of carbonyl (C=O) groups is 2. The maximum atomic E-state index is 12.9. The average Bonchev–Trinajstić information content (AvgIpc) is 2.50. The van der Waals surface area contributed by atoms with E-state index in [4.69, 9.17) is 0 Å². The van der Waals surface area contributed by atoms with Crippen LogP contribution >= 0.6 is 0 Å². The van der Waals surface area contributed by atoms with Crippen molar-refractivity contribution in [2.24, 2.45) is 5.10 Å². The molecule has 0 saturated carbocycles. The molecule has 0 bridgehead atoms. The molecule has 0 fully saturated rings. The van der Waals surface area contributed by atoms with Crippen molar-refractivity contribution in [1.82, 2.24) is 9.91 Å². The van der Waals surface area contributed by atoms with Crippen LogP contribution in [0.5, 0.6) is 0 Å². The average molecular weight is 305 g/mol. The van der Waals surface area contributed by atoms with Crippen molar-refractivity contribution < 1.29 is 14.0 Å². The van der Waals surface area contributed by atoms with Gasteiger partial charge in [-0.1, -0.05) is 12.1 Å². The molecule has 22 heavy (non-hydrogen) atoms. The normalized spacial score (nSPS) is 15.0. The number of rotatable bonds is 4. The molecule has 0 aromatic heterocycles. The van der Waals surface area contributed by atoms with Crippen molar-refractivity contribution in [1.29, 1.82) is 0 Å². The van der Waals surface area contributed by atoms with Crippen LogP contribution < -0.4 is 0 Å². The SMILES string of the molecule is CC(C)N(C)C(=O)C1=NN(Cc2ccc(F)cc2)C(=O)CC1. The van der Waals surface area contributed by atoms with E-state index in [9.17, 15) is 14.0 Å². The van der Waals surface area contributed by atoms with Crippen LogP contribution in [0.2, 0.25) is 0 Å². The topological polar surface area (TPSA) is 53.0 Å². The molecule has 1 heterocycles. The molecule has 1 aliphatic rings. The van der Waals surface area contributed by atoms with Gasteiger partial charge in [0.15, 0.2) is 0 Å². The second kappa shape index (κ2) is 6.68. The lowest BCUT2D eigenvalue weighted by molar-refractivity contribution is -0.132. The van der Waals surface area contributed by atoms with Crippen LogP contribution in [0.4, 0.5) is 4.39 Å². The summed E-state index contributed by atoms with van der Waals surface area (Å²) in [5.74, 6) is -0.619. The van der Waals surface area contributed by atoms with E-state index < -0.39 is 0 Å². The number of hydrazone groups is 1. The first-order valence-corrected chi connectivity index (χ1v) is 7.28. The Bertz CT molecular complexity index is 596. The molecule has 2 rings (SSSR count). The predicted octanol–water partition coefficient (Wildman–Crippen LogP) is 2.17. The first-order valence-electron chi connectivity index (χ1n) is 7.28. The van der Waals surface area contributed by atoms with Gasteiger partial charge in [0.25, 0.3) is 5.91 Å². The summed E-state index contributed by atoms with van der Waals surface area (Å²) >= 11 is 0. The molecule has 1 aromatic rings. The molecule has 2 amide bonds. The van der Waals surface area contributed by atoms with E-state index in [0.29, 0.717) is 12.1 Å². The van der Waals surface area contributed by atoms with Crippen LogP contribution in [0.25, 0.3) is 0 Å². The zero-order valence-electron chi connectivity index (χ0n) is 13.0. The fourth-order valence-electron chi connectivity index (χ4n) is 2.08. The summed E-state index contributed by atoms with van der Waals surface area (Å²) in [6.07, 6.45) is 0.617. The fourth-order valence-corrected chi connectivity index (χ4v) is 2.08. The molecular formula is C16H20FN3O2. The van der Waals surface area contributed by atoms with Gasteiger partial charge in [0.2, 0.25) is 5.91 Å². The standard InChI is InChI=1S/C16H20FN3O2/c1-11(2)19(3)16(22)14-8-9-15(21)20(18-14)10-12-4-6-13(17)7-5-12/h4-7,11H,8-10H2,1-3H3. The summed E-state index contributed by atoms with van der Waals surface area (Å²) in [5.41, 5.74) is 1.15. The third kappa shape index (κ3) is 3.69. The van der Waals surface area contributed by atoms with Gasteiger partial charge in [-0.25, -0.2) is 9.40 Å². The number of carbonyl (C=O) groups excluding carboxylic acids is 2. The van der Waals surface area contributed by atoms with Crippen molar-refractivity contribution >= 4 is 17.5 Å². The highest BCUT2D eigenvalue weighted by molar-refractivity contribution is 6.39. The smallest absolute Gasteiger partial charge is 0.270 e. The molecule has 0 N–H and O–H groups in total. The van der Waals surface area contributed by atoms with Gasteiger partial charge in [-0.2, -0.15) is 5.10 Å². The summed E-state index contributed by atoms with van der Waals surface area (Å²) in [6, 6.07) is 5.96. The summed E-state index contributed by atoms with van der Waals surface area (Å²) in [5, 5.41) is 5.49. The number of hydrogen-bond donors (Lipinski definition) is 0. The van der Waals surface area contributed by atoms with Gasteiger partial charge in [-0.3, -0.25) is 9.59 Å². The molecule has 1 aromatic carbocycles. The number of amides is 2. The zero-order chi connectivity index (χ0) is 16.3.